The summed E-state index contributed by atoms with van der Waals surface area (Å²) < 4.78 is 0. The highest BCUT2D eigenvalue weighted by molar-refractivity contribution is 7.99. The highest BCUT2D eigenvalue weighted by atomic mass is 32.2. The first-order valence-electron chi connectivity index (χ1n) is 8.59. The summed E-state index contributed by atoms with van der Waals surface area (Å²) in [6.07, 6.45) is 6.69. The highest BCUT2D eigenvalue weighted by Gasteiger charge is 2.38. The molecule has 4 nitrogen and oxygen atoms in total. The molecule has 1 saturated carbocycles. The van der Waals surface area contributed by atoms with Gasteiger partial charge in [-0.1, -0.05) is 19.3 Å². The highest BCUT2D eigenvalue weighted by Crippen LogP contribution is 2.35. The molecule has 0 amide bonds. The Morgan fingerprint density at radius 2 is 1.76 bits per heavy atom. The summed E-state index contributed by atoms with van der Waals surface area (Å²) in [5.74, 6) is 3.28. The first-order chi connectivity index (χ1) is 10.2. The van der Waals surface area contributed by atoms with E-state index in [1.807, 2.05) is 0 Å². The van der Waals surface area contributed by atoms with Gasteiger partial charge in [-0.15, -0.1) is 0 Å². The van der Waals surface area contributed by atoms with Crippen LogP contribution in [-0.4, -0.2) is 65.5 Å². The van der Waals surface area contributed by atoms with Crippen molar-refractivity contribution < 1.29 is 0 Å². The van der Waals surface area contributed by atoms with Gasteiger partial charge in [-0.05, 0) is 26.7 Å². The zero-order valence-corrected chi connectivity index (χ0v) is 14.6. The average molecular weight is 313 g/mol. The molecule has 2 aliphatic rings. The van der Waals surface area contributed by atoms with Crippen LogP contribution in [0.25, 0.3) is 0 Å². The topological polar surface area (TPSA) is 44.9 Å². The van der Waals surface area contributed by atoms with Crippen molar-refractivity contribution in [2.75, 3.05) is 44.2 Å². The monoisotopic (exact) mass is 312 g/mol. The quantitative estimate of drug-likeness (QED) is 0.625. The van der Waals surface area contributed by atoms with E-state index in [0.717, 1.165) is 25.6 Å². The van der Waals surface area contributed by atoms with Gasteiger partial charge in [-0.25, -0.2) is 0 Å². The van der Waals surface area contributed by atoms with Crippen LogP contribution in [0.3, 0.4) is 0 Å². The van der Waals surface area contributed by atoms with Gasteiger partial charge in [-0.2, -0.15) is 11.8 Å². The Morgan fingerprint density at radius 1 is 1.14 bits per heavy atom. The fourth-order valence-electron chi connectivity index (χ4n) is 3.70. The minimum absolute atomic E-state index is 0.289. The van der Waals surface area contributed by atoms with Crippen LogP contribution >= 0.6 is 11.8 Å². The number of guanidine groups is 1. The van der Waals surface area contributed by atoms with Gasteiger partial charge >= 0.3 is 0 Å². The lowest BCUT2D eigenvalue weighted by atomic mass is 9.80. The molecule has 0 bridgehead atoms. The lowest BCUT2D eigenvalue weighted by Crippen LogP contribution is -2.55. The smallest absolute Gasteiger partial charge is 0.191 e. The third-order valence-electron chi connectivity index (χ3n) is 5.09. The minimum atomic E-state index is 0.289. The number of hydrogen-bond acceptors (Lipinski definition) is 3. The van der Waals surface area contributed by atoms with E-state index in [1.54, 1.807) is 0 Å². The van der Waals surface area contributed by atoms with E-state index in [-0.39, 0.29) is 5.54 Å². The SMILES string of the molecule is CCN(CC)C(N)=NCC1(N2CCSCC2)CCCCC1. The number of thioether (sulfide) groups is 1. The molecule has 122 valence electrons. The maximum atomic E-state index is 6.20. The Bertz CT molecular complexity index is 329. The molecule has 1 aliphatic carbocycles. The van der Waals surface area contributed by atoms with Crippen LogP contribution in [0.1, 0.15) is 46.0 Å². The first kappa shape index (κ1) is 16.9. The standard InChI is InChI=1S/C16H32N4S/c1-3-19(4-2)15(17)18-14-16(8-6-5-7-9-16)20-10-12-21-13-11-20/h3-14H2,1-2H3,(H2,17,18). The minimum Gasteiger partial charge on any atom is -0.370 e. The molecule has 2 N–H and O–H groups in total. The van der Waals surface area contributed by atoms with Crippen LogP contribution in [0.15, 0.2) is 4.99 Å². The Kier molecular flexibility index (Phi) is 6.68. The maximum Gasteiger partial charge on any atom is 0.191 e. The maximum absolute atomic E-state index is 6.20. The van der Waals surface area contributed by atoms with Crippen LogP contribution in [0, 0.1) is 0 Å². The van der Waals surface area contributed by atoms with Crippen LogP contribution < -0.4 is 5.73 Å². The van der Waals surface area contributed by atoms with Crippen molar-refractivity contribution in [1.29, 1.82) is 0 Å². The lowest BCUT2D eigenvalue weighted by molar-refractivity contribution is 0.0670. The molecule has 0 unspecified atom stereocenters. The van der Waals surface area contributed by atoms with Crippen LogP contribution in [-0.2, 0) is 0 Å². The predicted molar refractivity (Wildman–Crippen MR) is 94.1 cm³/mol. The number of aliphatic imine (C=N–C) groups is 1. The Hall–Kier alpha value is -0.420. The molecule has 2 rings (SSSR count). The molecule has 1 saturated heterocycles. The molecule has 1 heterocycles. The van der Waals surface area contributed by atoms with Crippen molar-refractivity contribution in [3.8, 4) is 0 Å². The van der Waals surface area contributed by atoms with Crippen molar-refractivity contribution in [2.24, 2.45) is 10.7 Å². The average Bonchev–Trinajstić information content (AvgIpc) is 2.56. The Labute approximate surface area is 134 Å². The summed E-state index contributed by atoms with van der Waals surface area (Å²) in [7, 11) is 0. The molecular formula is C16H32N4S. The number of rotatable bonds is 5. The summed E-state index contributed by atoms with van der Waals surface area (Å²) in [6, 6.07) is 0. The van der Waals surface area contributed by atoms with Gasteiger partial charge in [0, 0.05) is 43.2 Å². The molecule has 0 aromatic carbocycles. The third-order valence-corrected chi connectivity index (χ3v) is 6.03. The summed E-state index contributed by atoms with van der Waals surface area (Å²) in [6.45, 7) is 9.52. The normalized spacial score (nSPS) is 24.0. The molecule has 0 atom stereocenters. The number of nitrogens with zero attached hydrogens (tertiary/aromatic N) is 3. The van der Waals surface area contributed by atoms with E-state index < -0.39 is 0 Å². The molecule has 2 fully saturated rings. The second kappa shape index (κ2) is 8.28. The first-order valence-corrected chi connectivity index (χ1v) is 9.75. The molecule has 21 heavy (non-hydrogen) atoms. The van der Waals surface area contributed by atoms with Gasteiger partial charge in [0.2, 0.25) is 0 Å². The zero-order valence-electron chi connectivity index (χ0n) is 13.8. The van der Waals surface area contributed by atoms with Crippen molar-refractivity contribution >= 4 is 17.7 Å². The molecule has 0 aromatic rings. The second-order valence-corrected chi connectivity index (χ2v) is 7.46. The molecule has 5 heteroatoms. The van der Waals surface area contributed by atoms with E-state index in [0.29, 0.717) is 0 Å². The molecule has 0 spiro atoms. The van der Waals surface area contributed by atoms with Crippen molar-refractivity contribution in [2.45, 2.75) is 51.5 Å². The number of nitrogens with two attached hydrogens (primary N) is 1. The third kappa shape index (κ3) is 4.28. The van der Waals surface area contributed by atoms with E-state index in [2.05, 4.69) is 35.4 Å². The molecule has 0 aromatic heterocycles. The summed E-state index contributed by atoms with van der Waals surface area (Å²) in [5, 5.41) is 0. The van der Waals surface area contributed by atoms with Gasteiger partial charge < -0.3 is 10.6 Å². The Balaban J connectivity index is 2.07. The molecule has 1 aliphatic heterocycles. The summed E-state index contributed by atoms with van der Waals surface area (Å²) >= 11 is 2.09. The van der Waals surface area contributed by atoms with E-state index in [1.165, 1.54) is 56.7 Å². The van der Waals surface area contributed by atoms with E-state index in [4.69, 9.17) is 10.7 Å². The largest absolute Gasteiger partial charge is 0.370 e. The Morgan fingerprint density at radius 3 is 2.33 bits per heavy atom. The van der Waals surface area contributed by atoms with Gasteiger partial charge in [0.1, 0.15) is 0 Å². The predicted octanol–water partition coefficient (Wildman–Crippen LogP) is 2.39. The summed E-state index contributed by atoms with van der Waals surface area (Å²) in [4.78, 5) is 9.69. The van der Waals surface area contributed by atoms with Crippen LogP contribution in [0.5, 0.6) is 0 Å². The zero-order chi connectivity index (χ0) is 15.1. The molecular weight excluding hydrogens is 280 g/mol. The van der Waals surface area contributed by atoms with Crippen LogP contribution in [0.2, 0.25) is 0 Å². The van der Waals surface area contributed by atoms with Crippen molar-refractivity contribution in [3.05, 3.63) is 0 Å². The van der Waals surface area contributed by atoms with Gasteiger partial charge in [0.15, 0.2) is 5.96 Å². The van der Waals surface area contributed by atoms with E-state index >= 15 is 0 Å². The fourth-order valence-corrected chi connectivity index (χ4v) is 4.60. The van der Waals surface area contributed by atoms with Gasteiger partial charge in [0.25, 0.3) is 0 Å². The van der Waals surface area contributed by atoms with Crippen LogP contribution in [0.4, 0.5) is 0 Å². The fraction of sp³-hybridized carbons (Fsp3) is 0.938. The van der Waals surface area contributed by atoms with Crippen molar-refractivity contribution in [3.63, 3.8) is 0 Å². The molecule has 0 radical (unpaired) electrons. The summed E-state index contributed by atoms with van der Waals surface area (Å²) in [5.41, 5.74) is 6.49. The van der Waals surface area contributed by atoms with Crippen molar-refractivity contribution in [1.82, 2.24) is 9.80 Å². The van der Waals surface area contributed by atoms with Gasteiger partial charge in [0.05, 0.1) is 6.54 Å². The second-order valence-electron chi connectivity index (χ2n) is 6.23. The van der Waals surface area contributed by atoms with E-state index in [9.17, 15) is 0 Å². The lowest BCUT2D eigenvalue weighted by Gasteiger charge is -2.47. The van der Waals surface area contributed by atoms with Gasteiger partial charge in [-0.3, -0.25) is 9.89 Å². The number of hydrogen-bond donors (Lipinski definition) is 1.